The van der Waals surface area contributed by atoms with Crippen LogP contribution < -0.4 is 0 Å². The Balaban J connectivity index is 1.41. The molecular formula is C21H24F2N2O. The Morgan fingerprint density at radius 3 is 2.27 bits per heavy atom. The second kappa shape index (κ2) is 9.01. The zero-order valence-corrected chi connectivity index (χ0v) is 14.8. The molecule has 1 aliphatic heterocycles. The summed E-state index contributed by atoms with van der Waals surface area (Å²) in [6.07, 6.45) is -0.636. The Hall–Kier alpha value is -2.11. The number of alkyl halides is 1. The standard InChI is InChI=1S/C21H24F2N2O/c22-19-8-6-17(7-9-19)16-24-12-14-25(15-13-24)21(23)11-10-20(26)18-4-2-1-3-5-18/h1-9,21H,10-16H2. The van der Waals surface area contributed by atoms with Crippen LogP contribution in [0.25, 0.3) is 0 Å². The van der Waals surface area contributed by atoms with Crippen molar-refractivity contribution >= 4 is 5.78 Å². The van der Waals surface area contributed by atoms with E-state index in [-0.39, 0.29) is 24.4 Å². The van der Waals surface area contributed by atoms with Gasteiger partial charge >= 0.3 is 0 Å². The van der Waals surface area contributed by atoms with Crippen LogP contribution in [-0.2, 0) is 6.54 Å². The fourth-order valence-electron chi connectivity index (χ4n) is 3.25. The normalized spacial score (nSPS) is 17.2. The molecule has 1 aliphatic rings. The minimum absolute atomic E-state index is 0.0109. The number of rotatable bonds is 7. The highest BCUT2D eigenvalue weighted by molar-refractivity contribution is 5.95. The summed E-state index contributed by atoms with van der Waals surface area (Å²) in [4.78, 5) is 16.1. The molecule has 0 aliphatic carbocycles. The van der Waals surface area contributed by atoms with E-state index in [0.717, 1.165) is 25.2 Å². The Kier molecular flexibility index (Phi) is 6.47. The van der Waals surface area contributed by atoms with Crippen LogP contribution in [0.1, 0.15) is 28.8 Å². The lowest BCUT2D eigenvalue weighted by Gasteiger charge is -2.36. The summed E-state index contributed by atoms with van der Waals surface area (Å²) in [5.41, 5.74) is 1.70. The molecule has 26 heavy (non-hydrogen) atoms. The molecule has 2 aromatic carbocycles. The van der Waals surface area contributed by atoms with Crippen molar-refractivity contribution < 1.29 is 13.6 Å². The molecule has 0 aromatic heterocycles. The topological polar surface area (TPSA) is 23.6 Å². The van der Waals surface area contributed by atoms with Gasteiger partial charge in [-0.05, 0) is 24.1 Å². The van der Waals surface area contributed by atoms with Gasteiger partial charge < -0.3 is 0 Å². The van der Waals surface area contributed by atoms with E-state index in [0.29, 0.717) is 18.7 Å². The quantitative estimate of drug-likeness (QED) is 0.554. The molecule has 0 N–H and O–H groups in total. The predicted octanol–water partition coefficient (Wildman–Crippen LogP) is 3.90. The Labute approximate surface area is 153 Å². The molecule has 0 amide bonds. The molecule has 0 bridgehead atoms. The maximum absolute atomic E-state index is 14.5. The number of hydrogen-bond donors (Lipinski definition) is 0. The summed E-state index contributed by atoms with van der Waals surface area (Å²) in [6, 6.07) is 15.5. The van der Waals surface area contributed by atoms with Gasteiger partial charge in [0.25, 0.3) is 0 Å². The second-order valence-corrected chi connectivity index (χ2v) is 6.70. The minimum Gasteiger partial charge on any atom is -0.297 e. The van der Waals surface area contributed by atoms with Crippen molar-refractivity contribution in [3.05, 3.63) is 71.5 Å². The molecule has 138 valence electrons. The largest absolute Gasteiger partial charge is 0.297 e. The Morgan fingerprint density at radius 1 is 0.962 bits per heavy atom. The summed E-state index contributed by atoms with van der Waals surface area (Å²) in [5.74, 6) is -0.243. The lowest BCUT2D eigenvalue weighted by Crippen LogP contribution is -2.48. The molecule has 5 heteroatoms. The first-order chi connectivity index (χ1) is 12.6. The van der Waals surface area contributed by atoms with Crippen molar-refractivity contribution in [1.29, 1.82) is 0 Å². The van der Waals surface area contributed by atoms with Crippen molar-refractivity contribution in [3.63, 3.8) is 0 Å². The van der Waals surface area contributed by atoms with Crippen molar-refractivity contribution in [2.45, 2.75) is 25.7 Å². The van der Waals surface area contributed by atoms with Gasteiger partial charge in [-0.3, -0.25) is 14.6 Å². The molecule has 1 fully saturated rings. The third-order valence-corrected chi connectivity index (χ3v) is 4.83. The van der Waals surface area contributed by atoms with E-state index in [1.807, 2.05) is 18.2 Å². The fraction of sp³-hybridized carbons (Fsp3) is 0.381. The van der Waals surface area contributed by atoms with E-state index in [1.54, 1.807) is 29.2 Å². The van der Waals surface area contributed by atoms with Crippen LogP contribution >= 0.6 is 0 Å². The Bertz CT molecular complexity index is 698. The first kappa shape index (κ1) is 18.7. The van der Waals surface area contributed by atoms with Gasteiger partial charge in [0.05, 0.1) is 0 Å². The summed E-state index contributed by atoms with van der Waals surface area (Å²) >= 11 is 0. The average Bonchev–Trinajstić information content (AvgIpc) is 2.69. The number of halogens is 2. The molecule has 1 heterocycles. The Morgan fingerprint density at radius 2 is 1.62 bits per heavy atom. The summed E-state index contributed by atoms with van der Waals surface area (Å²) in [5, 5.41) is 0. The van der Waals surface area contributed by atoms with Crippen molar-refractivity contribution in [3.8, 4) is 0 Å². The van der Waals surface area contributed by atoms with Crippen LogP contribution in [0, 0.1) is 5.82 Å². The first-order valence-electron chi connectivity index (χ1n) is 9.05. The molecule has 1 saturated heterocycles. The summed E-state index contributed by atoms with van der Waals surface area (Å²) in [7, 11) is 0. The lowest BCUT2D eigenvalue weighted by atomic mass is 10.1. The number of Topliss-reactive ketones (excluding diaryl/α,β-unsaturated/α-hetero) is 1. The van der Waals surface area contributed by atoms with Gasteiger partial charge in [0, 0.05) is 44.7 Å². The third-order valence-electron chi connectivity index (χ3n) is 4.83. The molecule has 0 spiro atoms. The average molecular weight is 358 g/mol. The molecule has 0 saturated carbocycles. The van der Waals surface area contributed by atoms with E-state index in [4.69, 9.17) is 0 Å². The van der Waals surface area contributed by atoms with Crippen LogP contribution in [-0.4, -0.2) is 48.1 Å². The monoisotopic (exact) mass is 358 g/mol. The molecule has 3 rings (SSSR count). The molecule has 1 unspecified atom stereocenters. The van der Waals surface area contributed by atoms with Gasteiger partial charge in [-0.25, -0.2) is 8.78 Å². The number of benzene rings is 2. The van der Waals surface area contributed by atoms with E-state index in [9.17, 15) is 13.6 Å². The SMILES string of the molecule is O=C(CCC(F)N1CCN(Cc2ccc(F)cc2)CC1)c1ccccc1. The zero-order chi connectivity index (χ0) is 18.4. The number of carbonyl (C=O) groups excluding carboxylic acids is 1. The predicted molar refractivity (Wildman–Crippen MR) is 98.2 cm³/mol. The minimum atomic E-state index is -1.09. The number of ketones is 1. The van der Waals surface area contributed by atoms with Crippen molar-refractivity contribution in [2.75, 3.05) is 26.2 Å². The third kappa shape index (κ3) is 5.19. The van der Waals surface area contributed by atoms with Crippen LogP contribution in [0.15, 0.2) is 54.6 Å². The highest BCUT2D eigenvalue weighted by Crippen LogP contribution is 2.16. The van der Waals surface area contributed by atoms with Crippen LogP contribution in [0.5, 0.6) is 0 Å². The fourth-order valence-corrected chi connectivity index (χ4v) is 3.25. The van der Waals surface area contributed by atoms with Crippen LogP contribution in [0.4, 0.5) is 8.78 Å². The van der Waals surface area contributed by atoms with Gasteiger partial charge in [-0.1, -0.05) is 42.5 Å². The van der Waals surface area contributed by atoms with Gasteiger partial charge in [-0.2, -0.15) is 0 Å². The number of nitrogens with zero attached hydrogens (tertiary/aromatic N) is 2. The van der Waals surface area contributed by atoms with E-state index < -0.39 is 6.30 Å². The number of piperazine rings is 1. The van der Waals surface area contributed by atoms with Crippen LogP contribution in [0.2, 0.25) is 0 Å². The zero-order valence-electron chi connectivity index (χ0n) is 14.8. The lowest BCUT2D eigenvalue weighted by molar-refractivity contribution is 0.0237. The first-order valence-corrected chi connectivity index (χ1v) is 9.05. The van der Waals surface area contributed by atoms with Gasteiger partial charge in [0.2, 0.25) is 0 Å². The van der Waals surface area contributed by atoms with Gasteiger partial charge in [-0.15, -0.1) is 0 Å². The van der Waals surface area contributed by atoms with E-state index in [1.165, 1.54) is 12.1 Å². The molecular weight excluding hydrogens is 334 g/mol. The maximum atomic E-state index is 14.5. The van der Waals surface area contributed by atoms with Gasteiger partial charge in [0.1, 0.15) is 5.82 Å². The maximum Gasteiger partial charge on any atom is 0.163 e. The molecule has 2 aromatic rings. The van der Waals surface area contributed by atoms with Gasteiger partial charge in [0.15, 0.2) is 12.1 Å². The van der Waals surface area contributed by atoms with Crippen molar-refractivity contribution in [2.24, 2.45) is 0 Å². The van der Waals surface area contributed by atoms with Crippen molar-refractivity contribution in [1.82, 2.24) is 9.80 Å². The molecule has 3 nitrogen and oxygen atoms in total. The molecule has 0 radical (unpaired) electrons. The van der Waals surface area contributed by atoms with E-state index >= 15 is 0 Å². The molecule has 1 atom stereocenters. The highest BCUT2D eigenvalue weighted by atomic mass is 19.1. The van der Waals surface area contributed by atoms with Crippen LogP contribution in [0.3, 0.4) is 0 Å². The number of carbonyl (C=O) groups is 1. The summed E-state index contributed by atoms with van der Waals surface area (Å²) in [6.45, 7) is 3.57. The number of hydrogen-bond acceptors (Lipinski definition) is 3. The van der Waals surface area contributed by atoms with E-state index in [2.05, 4.69) is 4.90 Å². The summed E-state index contributed by atoms with van der Waals surface area (Å²) < 4.78 is 27.4. The highest BCUT2D eigenvalue weighted by Gasteiger charge is 2.24. The second-order valence-electron chi connectivity index (χ2n) is 6.70. The smallest absolute Gasteiger partial charge is 0.163 e.